The fourth-order valence-corrected chi connectivity index (χ4v) is 2.76. The minimum atomic E-state index is -0.165. The number of ether oxygens (including phenoxy) is 2. The Balaban J connectivity index is 1.70. The first kappa shape index (κ1) is 14.0. The highest BCUT2D eigenvalue weighted by atomic mass is 79.9. The minimum Gasteiger partial charge on any atom is -0.454 e. The molecule has 4 rings (SSSR count). The van der Waals surface area contributed by atoms with Gasteiger partial charge in [0.1, 0.15) is 5.82 Å². The normalized spacial score (nSPS) is 13.1. The van der Waals surface area contributed by atoms with Gasteiger partial charge in [-0.05, 0) is 42.0 Å². The second-order valence-corrected chi connectivity index (χ2v) is 5.97. The van der Waals surface area contributed by atoms with Crippen LogP contribution in [0.3, 0.4) is 0 Å². The van der Waals surface area contributed by atoms with Crippen molar-refractivity contribution in [3.05, 3.63) is 62.6 Å². The van der Waals surface area contributed by atoms with Gasteiger partial charge in [-0.1, -0.05) is 28.1 Å². The Hall–Kier alpha value is -2.60. The first-order valence-electron chi connectivity index (χ1n) is 6.96. The summed E-state index contributed by atoms with van der Waals surface area (Å²) in [5.74, 6) is 1.96. The third-order valence-corrected chi connectivity index (χ3v) is 4.01. The zero-order chi connectivity index (χ0) is 15.8. The lowest BCUT2D eigenvalue weighted by atomic mass is 10.2. The van der Waals surface area contributed by atoms with Crippen molar-refractivity contribution in [1.82, 2.24) is 9.97 Å². The molecule has 3 aromatic rings. The predicted molar refractivity (Wildman–Crippen MR) is 91.6 cm³/mol. The molecule has 0 spiro atoms. The van der Waals surface area contributed by atoms with Gasteiger partial charge in [0.25, 0.3) is 5.56 Å². The molecule has 0 fully saturated rings. The van der Waals surface area contributed by atoms with E-state index in [9.17, 15) is 4.79 Å². The lowest BCUT2D eigenvalue weighted by molar-refractivity contribution is 0.174. The van der Waals surface area contributed by atoms with Gasteiger partial charge in [0, 0.05) is 4.47 Å². The summed E-state index contributed by atoms with van der Waals surface area (Å²) in [6.45, 7) is 0.248. The average Bonchev–Trinajstić information content (AvgIpc) is 3.01. The van der Waals surface area contributed by atoms with Crippen LogP contribution in [0.25, 0.3) is 23.1 Å². The molecule has 0 saturated carbocycles. The largest absolute Gasteiger partial charge is 0.454 e. The lowest BCUT2D eigenvalue weighted by Crippen LogP contribution is -2.09. The third-order valence-electron chi connectivity index (χ3n) is 3.52. The Morgan fingerprint density at radius 1 is 1.09 bits per heavy atom. The molecule has 0 saturated heterocycles. The molecule has 6 heteroatoms. The number of fused-ring (bicyclic) bond motifs is 2. The lowest BCUT2D eigenvalue weighted by Gasteiger charge is -2.00. The monoisotopic (exact) mass is 370 g/mol. The molecular weight excluding hydrogens is 360 g/mol. The smallest absolute Gasteiger partial charge is 0.259 e. The van der Waals surface area contributed by atoms with Crippen molar-refractivity contribution in [2.75, 3.05) is 6.79 Å². The molecule has 1 N–H and O–H groups in total. The quantitative estimate of drug-likeness (QED) is 0.748. The second kappa shape index (κ2) is 5.55. The van der Waals surface area contributed by atoms with Crippen molar-refractivity contribution in [3.63, 3.8) is 0 Å². The van der Waals surface area contributed by atoms with Gasteiger partial charge in [0.15, 0.2) is 11.5 Å². The summed E-state index contributed by atoms with van der Waals surface area (Å²) in [5, 5.41) is 0.555. The highest BCUT2D eigenvalue weighted by Crippen LogP contribution is 2.32. The maximum Gasteiger partial charge on any atom is 0.259 e. The molecule has 0 radical (unpaired) electrons. The van der Waals surface area contributed by atoms with Gasteiger partial charge in [-0.2, -0.15) is 0 Å². The van der Waals surface area contributed by atoms with Crippen LogP contribution in [0.15, 0.2) is 45.7 Å². The minimum absolute atomic E-state index is 0.165. The average molecular weight is 371 g/mol. The number of benzene rings is 2. The van der Waals surface area contributed by atoms with E-state index in [1.807, 2.05) is 36.4 Å². The predicted octanol–water partition coefficient (Wildman–Crippen LogP) is 3.58. The van der Waals surface area contributed by atoms with Gasteiger partial charge in [-0.15, -0.1) is 0 Å². The molecule has 0 unspecified atom stereocenters. The molecule has 0 aliphatic carbocycles. The van der Waals surface area contributed by atoms with Crippen molar-refractivity contribution in [2.45, 2.75) is 0 Å². The standard InChI is InChI=1S/C17H11BrN2O3/c18-11-3-4-13-12(8-11)17(21)20-16(19-13)6-2-10-1-5-14-15(7-10)23-9-22-14/h1-8H,9H2,(H,19,20,21). The molecule has 23 heavy (non-hydrogen) atoms. The first-order chi connectivity index (χ1) is 11.2. The Morgan fingerprint density at radius 2 is 1.96 bits per heavy atom. The summed E-state index contributed by atoms with van der Waals surface area (Å²) in [4.78, 5) is 19.3. The molecule has 1 aliphatic rings. The molecule has 2 aromatic carbocycles. The van der Waals surface area contributed by atoms with Crippen LogP contribution in [-0.4, -0.2) is 16.8 Å². The van der Waals surface area contributed by atoms with E-state index in [4.69, 9.17) is 9.47 Å². The summed E-state index contributed by atoms with van der Waals surface area (Å²) >= 11 is 3.35. The van der Waals surface area contributed by atoms with Crippen LogP contribution in [0.1, 0.15) is 11.4 Å². The second-order valence-electron chi connectivity index (χ2n) is 5.06. The van der Waals surface area contributed by atoms with E-state index in [0.29, 0.717) is 16.7 Å². The van der Waals surface area contributed by atoms with Crippen LogP contribution in [0, 0.1) is 0 Å². The molecule has 0 bridgehead atoms. The van der Waals surface area contributed by atoms with Crippen LogP contribution < -0.4 is 15.0 Å². The number of hydrogen-bond donors (Lipinski definition) is 1. The zero-order valence-electron chi connectivity index (χ0n) is 11.9. The topological polar surface area (TPSA) is 64.2 Å². The number of aromatic amines is 1. The van der Waals surface area contributed by atoms with Gasteiger partial charge in [0.05, 0.1) is 10.9 Å². The number of hydrogen-bond acceptors (Lipinski definition) is 4. The Bertz CT molecular complexity index is 995. The van der Waals surface area contributed by atoms with Gasteiger partial charge in [0.2, 0.25) is 6.79 Å². The van der Waals surface area contributed by atoms with E-state index in [0.717, 1.165) is 21.5 Å². The van der Waals surface area contributed by atoms with E-state index in [2.05, 4.69) is 25.9 Å². The van der Waals surface area contributed by atoms with Crippen LogP contribution >= 0.6 is 15.9 Å². The number of nitrogens with one attached hydrogen (secondary N) is 1. The number of rotatable bonds is 2. The van der Waals surface area contributed by atoms with Gasteiger partial charge in [-0.3, -0.25) is 4.79 Å². The van der Waals surface area contributed by atoms with Crippen molar-refractivity contribution >= 4 is 39.0 Å². The number of aromatic nitrogens is 2. The molecule has 114 valence electrons. The molecule has 0 atom stereocenters. The summed E-state index contributed by atoms with van der Waals surface area (Å²) in [6.07, 6.45) is 3.63. The van der Waals surface area contributed by atoms with Crippen LogP contribution in [0.2, 0.25) is 0 Å². The maximum atomic E-state index is 12.1. The van der Waals surface area contributed by atoms with Gasteiger partial charge in [-0.25, -0.2) is 4.98 Å². The summed E-state index contributed by atoms with van der Waals surface area (Å²) < 4.78 is 11.5. The summed E-state index contributed by atoms with van der Waals surface area (Å²) in [6, 6.07) is 11.1. The van der Waals surface area contributed by atoms with Gasteiger partial charge >= 0.3 is 0 Å². The van der Waals surface area contributed by atoms with E-state index >= 15 is 0 Å². The van der Waals surface area contributed by atoms with Crippen LogP contribution in [0.5, 0.6) is 11.5 Å². The zero-order valence-corrected chi connectivity index (χ0v) is 13.5. The molecular formula is C17H11BrN2O3. The van der Waals surface area contributed by atoms with E-state index in [1.54, 1.807) is 12.1 Å². The number of nitrogens with zero attached hydrogens (tertiary/aromatic N) is 1. The Labute approximate surface area is 139 Å². The molecule has 2 heterocycles. The van der Waals surface area contributed by atoms with Crippen LogP contribution in [0.4, 0.5) is 0 Å². The highest BCUT2D eigenvalue weighted by molar-refractivity contribution is 9.10. The van der Waals surface area contributed by atoms with E-state index in [1.165, 1.54) is 0 Å². The van der Waals surface area contributed by atoms with E-state index < -0.39 is 0 Å². The Morgan fingerprint density at radius 3 is 2.87 bits per heavy atom. The van der Waals surface area contributed by atoms with Crippen molar-refractivity contribution < 1.29 is 9.47 Å². The fourth-order valence-electron chi connectivity index (χ4n) is 2.40. The maximum absolute atomic E-state index is 12.1. The van der Waals surface area contributed by atoms with E-state index in [-0.39, 0.29) is 12.4 Å². The molecule has 1 aliphatic heterocycles. The highest BCUT2D eigenvalue weighted by Gasteiger charge is 2.12. The van der Waals surface area contributed by atoms with Crippen LogP contribution in [-0.2, 0) is 0 Å². The Kier molecular flexibility index (Phi) is 3.38. The first-order valence-corrected chi connectivity index (χ1v) is 7.76. The molecule has 1 aromatic heterocycles. The van der Waals surface area contributed by atoms with Crippen molar-refractivity contribution in [2.24, 2.45) is 0 Å². The van der Waals surface area contributed by atoms with Crippen molar-refractivity contribution in [1.29, 1.82) is 0 Å². The van der Waals surface area contributed by atoms with Gasteiger partial charge < -0.3 is 14.5 Å². The summed E-state index contributed by atoms with van der Waals surface area (Å²) in [7, 11) is 0. The van der Waals surface area contributed by atoms with Crippen molar-refractivity contribution in [3.8, 4) is 11.5 Å². The summed E-state index contributed by atoms with van der Waals surface area (Å²) in [5.41, 5.74) is 1.43. The third kappa shape index (κ3) is 2.73. The number of halogens is 1. The number of H-pyrrole nitrogens is 1. The fraction of sp³-hybridized carbons (Fsp3) is 0.0588. The molecule has 0 amide bonds. The SMILES string of the molecule is O=c1[nH]c(C=Cc2ccc3c(c2)OCO3)nc2ccc(Br)cc12. The molecule has 5 nitrogen and oxygen atoms in total.